The van der Waals surface area contributed by atoms with Crippen molar-refractivity contribution in [1.29, 1.82) is 0 Å². The molecule has 17 heavy (non-hydrogen) atoms. The maximum absolute atomic E-state index is 11.2. The fraction of sp³-hybridized carbons (Fsp3) is 0.500. The lowest BCUT2D eigenvalue weighted by Gasteiger charge is -2.16. The van der Waals surface area contributed by atoms with Crippen molar-refractivity contribution in [2.24, 2.45) is 0 Å². The largest absolute Gasteiger partial charge is 0.481 e. The van der Waals surface area contributed by atoms with E-state index in [1.807, 2.05) is 24.3 Å². The number of carboxylic acids is 1. The van der Waals surface area contributed by atoms with Gasteiger partial charge in [-0.1, -0.05) is 24.3 Å². The minimum atomic E-state index is -0.696. The highest BCUT2D eigenvalue weighted by atomic mass is 16.5. The molecule has 3 rings (SSSR count). The van der Waals surface area contributed by atoms with Gasteiger partial charge in [0.05, 0.1) is 11.0 Å². The lowest BCUT2D eigenvalue weighted by molar-refractivity contribution is -0.140. The van der Waals surface area contributed by atoms with E-state index in [0.717, 1.165) is 31.2 Å². The summed E-state index contributed by atoms with van der Waals surface area (Å²) in [6.45, 7) is 0. The van der Waals surface area contributed by atoms with Crippen molar-refractivity contribution in [1.82, 2.24) is 0 Å². The van der Waals surface area contributed by atoms with E-state index in [1.165, 1.54) is 5.56 Å². The van der Waals surface area contributed by atoms with Gasteiger partial charge in [-0.15, -0.1) is 0 Å². The smallest absolute Gasteiger partial charge is 0.314 e. The Morgan fingerprint density at radius 1 is 1.12 bits per heavy atom. The molecular formula is C14H16O3. The Morgan fingerprint density at radius 3 is 2.00 bits per heavy atom. The summed E-state index contributed by atoms with van der Waals surface area (Å²) in [5.74, 6) is -0.696. The number of benzene rings is 1. The van der Waals surface area contributed by atoms with Crippen LogP contribution in [0.2, 0.25) is 0 Å². The van der Waals surface area contributed by atoms with Crippen molar-refractivity contribution in [2.75, 3.05) is 7.11 Å². The minimum Gasteiger partial charge on any atom is -0.481 e. The highest BCUT2D eigenvalue weighted by Crippen LogP contribution is 2.51. The lowest BCUT2D eigenvalue weighted by Crippen LogP contribution is -2.19. The van der Waals surface area contributed by atoms with E-state index < -0.39 is 11.4 Å². The van der Waals surface area contributed by atoms with Gasteiger partial charge >= 0.3 is 5.97 Å². The zero-order valence-electron chi connectivity index (χ0n) is 9.90. The fourth-order valence-electron chi connectivity index (χ4n) is 2.57. The molecule has 0 aromatic heterocycles. The molecule has 2 aliphatic rings. The Labute approximate surface area is 100 Å². The second kappa shape index (κ2) is 3.33. The summed E-state index contributed by atoms with van der Waals surface area (Å²) in [5.41, 5.74) is 1.42. The molecule has 0 atom stereocenters. The van der Waals surface area contributed by atoms with Crippen LogP contribution in [0.25, 0.3) is 0 Å². The molecular weight excluding hydrogens is 216 g/mol. The summed E-state index contributed by atoms with van der Waals surface area (Å²) < 4.78 is 5.51. The Bertz CT molecular complexity index is 453. The average molecular weight is 232 g/mol. The molecule has 2 aliphatic carbocycles. The second-order valence-electron chi connectivity index (χ2n) is 5.16. The van der Waals surface area contributed by atoms with Crippen LogP contribution in [0.5, 0.6) is 0 Å². The van der Waals surface area contributed by atoms with Gasteiger partial charge in [0.1, 0.15) is 0 Å². The summed E-state index contributed by atoms with van der Waals surface area (Å²) >= 11 is 0. The molecule has 90 valence electrons. The van der Waals surface area contributed by atoms with E-state index >= 15 is 0 Å². The third-order valence-electron chi connectivity index (χ3n) is 4.22. The number of methoxy groups -OCH3 is 1. The standard InChI is InChI=1S/C14H16O3/c1-17-14(8-9-14)11-4-2-10(3-5-11)13(6-7-13)12(15)16/h2-5H,6-9H2,1H3,(H,15,16). The van der Waals surface area contributed by atoms with Gasteiger partial charge in [-0.2, -0.15) is 0 Å². The van der Waals surface area contributed by atoms with E-state index in [4.69, 9.17) is 4.74 Å². The highest BCUT2D eigenvalue weighted by molar-refractivity contribution is 5.84. The molecule has 1 N–H and O–H groups in total. The van der Waals surface area contributed by atoms with Crippen LogP contribution >= 0.6 is 0 Å². The first-order chi connectivity index (χ1) is 8.13. The van der Waals surface area contributed by atoms with Crippen molar-refractivity contribution < 1.29 is 14.6 Å². The van der Waals surface area contributed by atoms with E-state index in [1.54, 1.807) is 7.11 Å². The number of hydrogen-bond donors (Lipinski definition) is 1. The number of carbonyl (C=O) groups is 1. The van der Waals surface area contributed by atoms with Gasteiger partial charge in [-0.3, -0.25) is 4.79 Å². The fourth-order valence-corrected chi connectivity index (χ4v) is 2.57. The van der Waals surface area contributed by atoms with Crippen molar-refractivity contribution in [3.05, 3.63) is 35.4 Å². The molecule has 0 bridgehead atoms. The predicted octanol–water partition coefficient (Wildman–Crippen LogP) is 2.44. The van der Waals surface area contributed by atoms with E-state index in [-0.39, 0.29) is 5.60 Å². The molecule has 1 aromatic carbocycles. The monoisotopic (exact) mass is 232 g/mol. The molecule has 0 radical (unpaired) electrons. The molecule has 1 aromatic rings. The van der Waals surface area contributed by atoms with E-state index in [9.17, 15) is 9.90 Å². The van der Waals surface area contributed by atoms with E-state index in [0.29, 0.717) is 0 Å². The molecule has 0 aliphatic heterocycles. The lowest BCUT2D eigenvalue weighted by atomic mass is 9.94. The number of aliphatic carboxylic acids is 1. The van der Waals surface area contributed by atoms with Crippen LogP contribution in [0, 0.1) is 0 Å². The first kappa shape index (κ1) is 10.8. The molecule has 2 fully saturated rings. The quantitative estimate of drug-likeness (QED) is 0.867. The number of hydrogen-bond acceptors (Lipinski definition) is 2. The van der Waals surface area contributed by atoms with Crippen molar-refractivity contribution in [2.45, 2.75) is 36.7 Å². The van der Waals surface area contributed by atoms with Crippen LogP contribution in [0.1, 0.15) is 36.8 Å². The maximum atomic E-state index is 11.2. The highest BCUT2D eigenvalue weighted by Gasteiger charge is 2.52. The van der Waals surface area contributed by atoms with Gasteiger partial charge in [-0.05, 0) is 36.8 Å². The summed E-state index contributed by atoms with van der Waals surface area (Å²) in [7, 11) is 1.74. The van der Waals surface area contributed by atoms with E-state index in [2.05, 4.69) is 0 Å². The van der Waals surface area contributed by atoms with Gasteiger partial charge < -0.3 is 9.84 Å². The number of carboxylic acid groups (broad SMARTS) is 1. The Kier molecular flexibility index (Phi) is 2.11. The van der Waals surface area contributed by atoms with Gasteiger partial charge in [-0.25, -0.2) is 0 Å². The molecule has 2 saturated carbocycles. The summed E-state index contributed by atoms with van der Waals surface area (Å²) in [5, 5.41) is 9.22. The first-order valence-corrected chi connectivity index (χ1v) is 6.03. The molecule has 3 nitrogen and oxygen atoms in total. The summed E-state index contributed by atoms with van der Waals surface area (Å²) in [4.78, 5) is 11.2. The van der Waals surface area contributed by atoms with Crippen LogP contribution in [-0.2, 0) is 20.5 Å². The first-order valence-electron chi connectivity index (χ1n) is 6.03. The zero-order valence-corrected chi connectivity index (χ0v) is 9.90. The van der Waals surface area contributed by atoms with Gasteiger partial charge in [0.25, 0.3) is 0 Å². The van der Waals surface area contributed by atoms with Crippen LogP contribution in [0.4, 0.5) is 0 Å². The molecule has 3 heteroatoms. The SMILES string of the molecule is COC1(c2ccc(C3(C(=O)O)CC3)cc2)CC1. The maximum Gasteiger partial charge on any atom is 0.314 e. The predicted molar refractivity (Wildman–Crippen MR) is 62.9 cm³/mol. The Balaban J connectivity index is 1.89. The molecule has 0 amide bonds. The number of ether oxygens (including phenoxy) is 1. The minimum absolute atomic E-state index is 0.0849. The van der Waals surface area contributed by atoms with Crippen molar-refractivity contribution in [3.8, 4) is 0 Å². The summed E-state index contributed by atoms with van der Waals surface area (Å²) in [6, 6.07) is 7.95. The molecule has 0 unspecified atom stereocenters. The average Bonchev–Trinajstić information content (AvgIpc) is 3.23. The van der Waals surface area contributed by atoms with Gasteiger partial charge in [0.15, 0.2) is 0 Å². The molecule has 0 heterocycles. The van der Waals surface area contributed by atoms with Crippen LogP contribution in [0.3, 0.4) is 0 Å². The normalized spacial score (nSPS) is 23.1. The third-order valence-corrected chi connectivity index (χ3v) is 4.22. The Hall–Kier alpha value is -1.35. The van der Waals surface area contributed by atoms with Crippen LogP contribution < -0.4 is 0 Å². The van der Waals surface area contributed by atoms with Gasteiger partial charge in [0.2, 0.25) is 0 Å². The third kappa shape index (κ3) is 1.49. The van der Waals surface area contributed by atoms with Gasteiger partial charge in [0, 0.05) is 7.11 Å². The zero-order chi connectivity index (χ0) is 12.1. The topological polar surface area (TPSA) is 46.5 Å². The van der Waals surface area contributed by atoms with Crippen LogP contribution in [-0.4, -0.2) is 18.2 Å². The number of rotatable bonds is 4. The second-order valence-corrected chi connectivity index (χ2v) is 5.16. The Morgan fingerprint density at radius 2 is 1.65 bits per heavy atom. The van der Waals surface area contributed by atoms with Crippen molar-refractivity contribution >= 4 is 5.97 Å². The molecule has 0 saturated heterocycles. The van der Waals surface area contributed by atoms with Crippen LogP contribution in [0.15, 0.2) is 24.3 Å². The van der Waals surface area contributed by atoms with Crippen molar-refractivity contribution in [3.63, 3.8) is 0 Å². The summed E-state index contributed by atoms with van der Waals surface area (Å²) in [6.07, 6.45) is 3.65. The molecule has 0 spiro atoms.